The number of fused-ring (bicyclic) bond motifs is 1. The number of ether oxygens (including phenoxy) is 1. The average molecular weight is 373 g/mol. The molecule has 8 nitrogen and oxygen atoms in total. The smallest absolute Gasteiger partial charge is 0.307 e. The molecule has 0 N–H and O–H groups in total. The number of carbonyl (C=O) groups excluding carboxylic acids is 1. The summed E-state index contributed by atoms with van der Waals surface area (Å²) in [5, 5.41) is 13.0. The van der Waals surface area contributed by atoms with Gasteiger partial charge in [0.05, 0.1) is 29.7 Å². The number of thiophene rings is 1. The van der Waals surface area contributed by atoms with Crippen molar-refractivity contribution in [1.82, 2.24) is 9.55 Å². The van der Waals surface area contributed by atoms with Crippen LogP contribution in [0.2, 0.25) is 0 Å². The van der Waals surface area contributed by atoms with Crippen LogP contribution in [0.1, 0.15) is 13.3 Å². The molecule has 0 aliphatic carbocycles. The zero-order valence-electron chi connectivity index (χ0n) is 13.9. The summed E-state index contributed by atoms with van der Waals surface area (Å²) in [4.78, 5) is 39.5. The van der Waals surface area contributed by atoms with E-state index < -0.39 is 4.92 Å². The maximum atomic E-state index is 12.8. The highest BCUT2D eigenvalue weighted by Crippen LogP contribution is 2.31. The SMILES string of the molecule is CCOC(=O)CCn1cnc2scc(-c3ccc([N+](=O)[O-])cc3)c2c1=O. The normalized spacial score (nSPS) is 10.8. The van der Waals surface area contributed by atoms with Crippen LogP contribution in [0.4, 0.5) is 5.69 Å². The number of esters is 1. The standard InChI is InChI=1S/C17H15N3O5S/c1-2-25-14(21)7-8-19-10-18-16-15(17(19)22)13(9-26-16)11-3-5-12(6-4-11)20(23)24/h3-6,9-10H,2,7-8H2,1H3. The fourth-order valence-electron chi connectivity index (χ4n) is 2.55. The van der Waals surface area contributed by atoms with Crippen molar-refractivity contribution in [2.75, 3.05) is 6.61 Å². The van der Waals surface area contributed by atoms with Crippen molar-refractivity contribution in [3.8, 4) is 11.1 Å². The molecule has 134 valence electrons. The highest BCUT2D eigenvalue weighted by atomic mass is 32.1. The number of hydrogen-bond acceptors (Lipinski definition) is 7. The average Bonchev–Trinajstić information content (AvgIpc) is 3.06. The van der Waals surface area contributed by atoms with Crippen LogP contribution in [-0.4, -0.2) is 27.1 Å². The summed E-state index contributed by atoms with van der Waals surface area (Å²) in [6, 6.07) is 6.01. The molecule has 0 aliphatic rings. The number of hydrogen-bond donors (Lipinski definition) is 0. The molecular weight excluding hydrogens is 358 g/mol. The van der Waals surface area contributed by atoms with Crippen LogP contribution < -0.4 is 5.56 Å². The second-order valence-corrected chi connectivity index (χ2v) is 6.29. The summed E-state index contributed by atoms with van der Waals surface area (Å²) in [7, 11) is 0. The summed E-state index contributed by atoms with van der Waals surface area (Å²) in [6.07, 6.45) is 1.50. The third-order valence-electron chi connectivity index (χ3n) is 3.81. The lowest BCUT2D eigenvalue weighted by molar-refractivity contribution is -0.384. The highest BCUT2D eigenvalue weighted by molar-refractivity contribution is 7.17. The Balaban J connectivity index is 1.97. The summed E-state index contributed by atoms with van der Waals surface area (Å²) < 4.78 is 6.25. The third-order valence-corrected chi connectivity index (χ3v) is 4.70. The molecule has 2 aromatic heterocycles. The first kappa shape index (κ1) is 17.7. The van der Waals surface area contributed by atoms with Crippen molar-refractivity contribution < 1.29 is 14.5 Å². The summed E-state index contributed by atoms with van der Waals surface area (Å²) >= 11 is 1.32. The van der Waals surface area contributed by atoms with Crippen LogP contribution >= 0.6 is 11.3 Å². The van der Waals surface area contributed by atoms with Crippen LogP contribution in [0.25, 0.3) is 21.3 Å². The van der Waals surface area contributed by atoms with E-state index in [1.165, 1.54) is 34.4 Å². The molecule has 3 aromatic rings. The minimum Gasteiger partial charge on any atom is -0.466 e. The van der Waals surface area contributed by atoms with Gasteiger partial charge in [0.2, 0.25) is 0 Å². The van der Waals surface area contributed by atoms with Gasteiger partial charge in [0, 0.05) is 29.6 Å². The third kappa shape index (κ3) is 3.47. The molecule has 2 heterocycles. The lowest BCUT2D eigenvalue weighted by Crippen LogP contribution is -2.22. The fraction of sp³-hybridized carbons (Fsp3) is 0.235. The molecule has 0 bridgehead atoms. The largest absolute Gasteiger partial charge is 0.466 e. The molecule has 0 radical (unpaired) electrons. The van der Waals surface area contributed by atoms with Gasteiger partial charge in [0.1, 0.15) is 4.83 Å². The highest BCUT2D eigenvalue weighted by Gasteiger charge is 2.15. The van der Waals surface area contributed by atoms with Gasteiger partial charge >= 0.3 is 5.97 Å². The van der Waals surface area contributed by atoms with Crippen LogP contribution in [0.5, 0.6) is 0 Å². The van der Waals surface area contributed by atoms with Crippen molar-refractivity contribution in [2.45, 2.75) is 19.9 Å². The number of nitrogens with zero attached hydrogens (tertiary/aromatic N) is 3. The number of aryl methyl sites for hydroxylation is 1. The minimum atomic E-state index is -0.473. The Kier molecular flexibility index (Phi) is 5.08. The van der Waals surface area contributed by atoms with Crippen LogP contribution in [-0.2, 0) is 16.1 Å². The number of rotatable bonds is 6. The zero-order valence-corrected chi connectivity index (χ0v) is 14.7. The number of non-ortho nitro benzene ring substituents is 1. The molecule has 26 heavy (non-hydrogen) atoms. The lowest BCUT2D eigenvalue weighted by atomic mass is 10.1. The van der Waals surface area contributed by atoms with Gasteiger partial charge in [-0.3, -0.25) is 24.3 Å². The van der Waals surface area contributed by atoms with E-state index >= 15 is 0 Å². The summed E-state index contributed by atoms with van der Waals surface area (Å²) in [5.74, 6) is -0.375. The molecule has 0 saturated heterocycles. The van der Waals surface area contributed by atoms with E-state index in [0.717, 1.165) is 0 Å². The second kappa shape index (κ2) is 7.44. The first-order chi connectivity index (χ1) is 12.5. The van der Waals surface area contributed by atoms with Crippen molar-refractivity contribution in [1.29, 1.82) is 0 Å². The molecule has 0 saturated carbocycles. The fourth-order valence-corrected chi connectivity index (χ4v) is 3.45. The maximum Gasteiger partial charge on any atom is 0.307 e. The van der Waals surface area contributed by atoms with E-state index in [0.29, 0.717) is 28.0 Å². The predicted molar refractivity (Wildman–Crippen MR) is 97.2 cm³/mol. The number of carbonyl (C=O) groups is 1. The van der Waals surface area contributed by atoms with Gasteiger partial charge in [-0.2, -0.15) is 0 Å². The van der Waals surface area contributed by atoms with Gasteiger partial charge in [-0.05, 0) is 24.6 Å². The van der Waals surface area contributed by atoms with Gasteiger partial charge in [0.25, 0.3) is 11.2 Å². The van der Waals surface area contributed by atoms with Crippen molar-refractivity contribution in [3.05, 3.63) is 56.4 Å². The molecule has 0 spiro atoms. The van der Waals surface area contributed by atoms with Crippen LogP contribution in [0, 0.1) is 10.1 Å². The molecule has 0 unspecified atom stereocenters. The van der Waals surface area contributed by atoms with Crippen LogP contribution in [0.15, 0.2) is 40.8 Å². The summed E-state index contributed by atoms with van der Waals surface area (Å²) in [5.41, 5.74) is 1.10. The topological polar surface area (TPSA) is 104 Å². The minimum absolute atomic E-state index is 0.0155. The quantitative estimate of drug-likeness (QED) is 0.374. The number of aromatic nitrogens is 2. The van der Waals surface area contributed by atoms with Gasteiger partial charge in [0.15, 0.2) is 0 Å². The first-order valence-electron chi connectivity index (χ1n) is 7.88. The summed E-state index contributed by atoms with van der Waals surface area (Å²) in [6.45, 7) is 2.19. The van der Waals surface area contributed by atoms with Gasteiger partial charge in [-0.15, -0.1) is 11.3 Å². The van der Waals surface area contributed by atoms with Gasteiger partial charge < -0.3 is 4.74 Å². The van der Waals surface area contributed by atoms with E-state index in [1.807, 2.05) is 0 Å². The van der Waals surface area contributed by atoms with Crippen LogP contribution in [0.3, 0.4) is 0 Å². The Morgan fingerprint density at radius 2 is 2.08 bits per heavy atom. The van der Waals surface area contributed by atoms with Crippen molar-refractivity contribution >= 4 is 33.2 Å². The number of nitro groups is 1. The molecule has 0 amide bonds. The monoisotopic (exact) mass is 373 g/mol. The van der Waals surface area contributed by atoms with Gasteiger partial charge in [-0.25, -0.2) is 4.98 Å². The first-order valence-corrected chi connectivity index (χ1v) is 8.76. The predicted octanol–water partition coefficient (Wildman–Crippen LogP) is 2.99. The van der Waals surface area contributed by atoms with E-state index in [1.54, 1.807) is 24.4 Å². The second-order valence-electron chi connectivity index (χ2n) is 5.43. The molecule has 0 aliphatic heterocycles. The maximum absolute atomic E-state index is 12.8. The molecule has 1 aromatic carbocycles. The van der Waals surface area contributed by atoms with E-state index in [2.05, 4.69) is 4.98 Å². The Bertz CT molecular complexity index is 1020. The number of nitro benzene ring substituents is 1. The molecule has 9 heteroatoms. The van der Waals surface area contributed by atoms with E-state index in [4.69, 9.17) is 4.74 Å². The van der Waals surface area contributed by atoms with Gasteiger partial charge in [-0.1, -0.05) is 0 Å². The zero-order chi connectivity index (χ0) is 18.7. The Hall–Kier alpha value is -3.07. The van der Waals surface area contributed by atoms with Crippen molar-refractivity contribution in [2.24, 2.45) is 0 Å². The van der Waals surface area contributed by atoms with Crippen molar-refractivity contribution in [3.63, 3.8) is 0 Å². The molecule has 0 atom stereocenters. The Morgan fingerprint density at radius 1 is 1.35 bits per heavy atom. The molecular formula is C17H15N3O5S. The Morgan fingerprint density at radius 3 is 2.73 bits per heavy atom. The van der Waals surface area contributed by atoms with E-state index in [-0.39, 0.29) is 30.2 Å². The molecule has 3 rings (SSSR count). The lowest BCUT2D eigenvalue weighted by Gasteiger charge is -2.06. The van der Waals surface area contributed by atoms with E-state index in [9.17, 15) is 19.7 Å². The molecule has 0 fully saturated rings. The number of benzene rings is 1. The Labute approximate surface area is 151 Å².